The molecule has 0 bridgehead atoms. The van der Waals surface area contributed by atoms with Gasteiger partial charge in [0, 0.05) is 7.05 Å². The molecule has 150 valence electrons. The van der Waals surface area contributed by atoms with Gasteiger partial charge in [-0.2, -0.15) is 4.31 Å². The molecule has 28 heavy (non-hydrogen) atoms. The van der Waals surface area contributed by atoms with Crippen LogP contribution in [0, 0.1) is 6.92 Å². The van der Waals surface area contributed by atoms with Gasteiger partial charge in [-0.25, -0.2) is 8.42 Å². The second-order valence-corrected chi connectivity index (χ2v) is 8.81. The Labute approximate surface area is 165 Å². The van der Waals surface area contributed by atoms with Crippen molar-refractivity contribution >= 4 is 15.9 Å². The average Bonchev–Trinajstić information content (AvgIpc) is 2.67. The molecule has 1 atom stereocenters. The number of aryl methyl sites for hydroxylation is 1. The van der Waals surface area contributed by atoms with E-state index in [-0.39, 0.29) is 23.4 Å². The fourth-order valence-corrected chi connectivity index (χ4v) is 4.00. The Morgan fingerprint density at radius 2 is 1.75 bits per heavy atom. The Bertz CT molecular complexity index is 957. The zero-order valence-corrected chi connectivity index (χ0v) is 17.0. The lowest BCUT2D eigenvalue weighted by molar-refractivity contribution is -0.121. The number of likely N-dealkylation sites (N-methyl/N-ethyl adjacent to an activating group) is 1. The quantitative estimate of drug-likeness (QED) is 0.798. The minimum absolute atomic E-state index is 0.160. The van der Waals surface area contributed by atoms with E-state index < -0.39 is 10.0 Å². The monoisotopic (exact) mass is 404 g/mol. The minimum atomic E-state index is -3.73. The number of fused-ring (bicyclic) bond motifs is 1. The van der Waals surface area contributed by atoms with Crippen molar-refractivity contribution in [2.24, 2.45) is 0 Å². The Balaban J connectivity index is 1.63. The third-order valence-corrected chi connectivity index (χ3v) is 6.36. The summed E-state index contributed by atoms with van der Waals surface area (Å²) in [7, 11) is -2.33. The molecule has 0 saturated carbocycles. The van der Waals surface area contributed by atoms with Crippen LogP contribution in [-0.2, 0) is 14.8 Å². The molecule has 1 aliphatic rings. The number of amides is 1. The average molecular weight is 404 g/mol. The van der Waals surface area contributed by atoms with Crippen molar-refractivity contribution in [2.75, 3.05) is 26.8 Å². The molecule has 0 aliphatic carbocycles. The Hall–Kier alpha value is -2.58. The van der Waals surface area contributed by atoms with Gasteiger partial charge in [-0.05, 0) is 43.7 Å². The first-order valence-corrected chi connectivity index (χ1v) is 10.4. The first-order valence-electron chi connectivity index (χ1n) is 8.99. The van der Waals surface area contributed by atoms with Crippen molar-refractivity contribution in [2.45, 2.75) is 24.8 Å². The van der Waals surface area contributed by atoms with Gasteiger partial charge in [-0.15, -0.1) is 0 Å². The van der Waals surface area contributed by atoms with Crippen LogP contribution in [0.25, 0.3) is 0 Å². The molecule has 0 saturated heterocycles. The number of rotatable bonds is 6. The van der Waals surface area contributed by atoms with Gasteiger partial charge in [0.1, 0.15) is 13.2 Å². The number of nitrogens with one attached hydrogen (secondary N) is 1. The maximum absolute atomic E-state index is 12.6. The molecule has 3 rings (SSSR count). The van der Waals surface area contributed by atoms with Gasteiger partial charge in [-0.3, -0.25) is 4.79 Å². The van der Waals surface area contributed by atoms with Crippen LogP contribution in [-0.4, -0.2) is 45.4 Å². The summed E-state index contributed by atoms with van der Waals surface area (Å²) in [6.45, 7) is 4.44. The van der Waals surface area contributed by atoms with Crippen molar-refractivity contribution in [3.8, 4) is 11.5 Å². The highest BCUT2D eigenvalue weighted by Gasteiger charge is 2.24. The number of carbonyl (C=O) groups excluding carboxylic acids is 1. The summed E-state index contributed by atoms with van der Waals surface area (Å²) < 4.78 is 37.3. The SMILES string of the molecule is Cc1ccc(S(=O)(=O)N(C)CC(=O)NC(C)c2ccc3c(c2)OCCO3)cc1. The third-order valence-electron chi connectivity index (χ3n) is 4.54. The lowest BCUT2D eigenvalue weighted by atomic mass is 10.1. The summed E-state index contributed by atoms with van der Waals surface area (Å²) >= 11 is 0. The Kier molecular flexibility index (Phi) is 5.90. The molecule has 0 spiro atoms. The highest BCUT2D eigenvalue weighted by Crippen LogP contribution is 2.32. The van der Waals surface area contributed by atoms with Crippen LogP contribution in [0.5, 0.6) is 11.5 Å². The van der Waals surface area contributed by atoms with Crippen LogP contribution in [0.3, 0.4) is 0 Å². The summed E-state index contributed by atoms with van der Waals surface area (Å²) in [6.07, 6.45) is 0. The number of benzene rings is 2. The van der Waals surface area contributed by atoms with Gasteiger partial charge in [0.2, 0.25) is 15.9 Å². The van der Waals surface area contributed by atoms with E-state index in [9.17, 15) is 13.2 Å². The second-order valence-electron chi connectivity index (χ2n) is 6.77. The number of nitrogens with zero attached hydrogens (tertiary/aromatic N) is 1. The molecule has 0 fully saturated rings. The predicted octanol–water partition coefficient (Wildman–Crippen LogP) is 2.26. The van der Waals surface area contributed by atoms with Crippen LogP contribution < -0.4 is 14.8 Å². The van der Waals surface area contributed by atoms with Gasteiger partial charge in [0.15, 0.2) is 11.5 Å². The van der Waals surface area contributed by atoms with Crippen molar-refractivity contribution < 1.29 is 22.7 Å². The van der Waals surface area contributed by atoms with E-state index in [4.69, 9.17) is 9.47 Å². The maximum Gasteiger partial charge on any atom is 0.243 e. The minimum Gasteiger partial charge on any atom is -0.486 e. The lowest BCUT2D eigenvalue weighted by Crippen LogP contribution is -2.39. The first-order chi connectivity index (χ1) is 13.3. The zero-order chi connectivity index (χ0) is 20.3. The fourth-order valence-electron chi connectivity index (χ4n) is 2.88. The molecule has 1 unspecified atom stereocenters. The van der Waals surface area contributed by atoms with E-state index in [2.05, 4.69) is 5.32 Å². The van der Waals surface area contributed by atoms with Crippen molar-refractivity contribution in [1.82, 2.24) is 9.62 Å². The summed E-state index contributed by atoms with van der Waals surface area (Å²) in [4.78, 5) is 12.5. The standard InChI is InChI=1S/C20H24N2O5S/c1-14-4-7-17(8-5-14)28(24,25)22(3)13-20(23)21-15(2)16-6-9-18-19(12-16)27-11-10-26-18/h4-9,12,15H,10-11,13H2,1-3H3,(H,21,23). The summed E-state index contributed by atoms with van der Waals surface area (Å²) in [5.41, 5.74) is 1.81. The zero-order valence-electron chi connectivity index (χ0n) is 16.1. The van der Waals surface area contributed by atoms with E-state index in [1.165, 1.54) is 19.2 Å². The number of ether oxygens (including phenoxy) is 2. The van der Waals surface area contributed by atoms with Crippen molar-refractivity contribution in [1.29, 1.82) is 0 Å². The number of carbonyl (C=O) groups is 1. The highest BCUT2D eigenvalue weighted by molar-refractivity contribution is 7.89. The van der Waals surface area contributed by atoms with E-state index in [1.807, 2.05) is 26.0 Å². The fraction of sp³-hybridized carbons (Fsp3) is 0.350. The summed E-state index contributed by atoms with van der Waals surface area (Å²) in [6, 6.07) is 11.7. The topological polar surface area (TPSA) is 84.9 Å². The van der Waals surface area contributed by atoms with Gasteiger partial charge in [-0.1, -0.05) is 23.8 Å². The third kappa shape index (κ3) is 4.45. The molecule has 1 heterocycles. The molecular weight excluding hydrogens is 380 g/mol. The molecule has 2 aromatic rings. The van der Waals surface area contributed by atoms with Gasteiger partial charge >= 0.3 is 0 Å². The Morgan fingerprint density at radius 1 is 1.11 bits per heavy atom. The maximum atomic E-state index is 12.6. The highest BCUT2D eigenvalue weighted by atomic mass is 32.2. The van der Waals surface area contributed by atoms with Crippen LogP contribution in [0.4, 0.5) is 0 Å². The van der Waals surface area contributed by atoms with E-state index in [1.54, 1.807) is 18.2 Å². The molecule has 8 heteroatoms. The predicted molar refractivity (Wildman–Crippen MR) is 105 cm³/mol. The summed E-state index contributed by atoms with van der Waals surface area (Å²) in [5, 5.41) is 2.83. The first kappa shape index (κ1) is 20.2. The van der Waals surface area contributed by atoms with Crippen LogP contribution >= 0.6 is 0 Å². The number of hydrogen-bond donors (Lipinski definition) is 1. The van der Waals surface area contributed by atoms with E-state index in [0.29, 0.717) is 24.7 Å². The van der Waals surface area contributed by atoms with Crippen molar-refractivity contribution in [3.63, 3.8) is 0 Å². The molecule has 7 nitrogen and oxygen atoms in total. The number of hydrogen-bond acceptors (Lipinski definition) is 5. The van der Waals surface area contributed by atoms with E-state index in [0.717, 1.165) is 15.4 Å². The molecule has 1 N–H and O–H groups in total. The lowest BCUT2D eigenvalue weighted by Gasteiger charge is -2.22. The number of sulfonamides is 1. The second kappa shape index (κ2) is 8.20. The van der Waals surface area contributed by atoms with Gasteiger partial charge in [0.25, 0.3) is 0 Å². The van der Waals surface area contributed by atoms with Crippen LogP contribution in [0.15, 0.2) is 47.4 Å². The molecule has 1 aliphatic heterocycles. The van der Waals surface area contributed by atoms with Gasteiger partial charge < -0.3 is 14.8 Å². The van der Waals surface area contributed by atoms with Crippen LogP contribution in [0.1, 0.15) is 24.1 Å². The van der Waals surface area contributed by atoms with Crippen LogP contribution in [0.2, 0.25) is 0 Å². The summed E-state index contributed by atoms with van der Waals surface area (Å²) in [5.74, 6) is 0.932. The normalized spacial score (nSPS) is 14.6. The molecule has 2 aromatic carbocycles. The molecule has 0 radical (unpaired) electrons. The largest absolute Gasteiger partial charge is 0.486 e. The Morgan fingerprint density at radius 3 is 2.43 bits per heavy atom. The molecular formula is C20H24N2O5S. The smallest absolute Gasteiger partial charge is 0.243 e. The van der Waals surface area contributed by atoms with Crippen molar-refractivity contribution in [3.05, 3.63) is 53.6 Å². The molecule has 1 amide bonds. The van der Waals surface area contributed by atoms with E-state index >= 15 is 0 Å². The molecule has 0 aromatic heterocycles. The van der Waals surface area contributed by atoms with Gasteiger partial charge in [0.05, 0.1) is 17.5 Å².